The number of halogens is 4. The van der Waals surface area contributed by atoms with E-state index in [4.69, 9.17) is 11.6 Å². The van der Waals surface area contributed by atoms with Crippen molar-refractivity contribution in [3.8, 4) is 0 Å². The summed E-state index contributed by atoms with van der Waals surface area (Å²) in [5.74, 6) is 0.391. The highest BCUT2D eigenvalue weighted by atomic mass is 35.5. The number of rotatable bonds is 3. The summed E-state index contributed by atoms with van der Waals surface area (Å²) in [5, 5.41) is 0.0360. The van der Waals surface area contributed by atoms with Crippen LogP contribution >= 0.6 is 11.6 Å². The van der Waals surface area contributed by atoms with Crippen molar-refractivity contribution in [1.29, 1.82) is 0 Å². The second-order valence-corrected chi connectivity index (χ2v) is 3.76. The Labute approximate surface area is 96.3 Å². The van der Waals surface area contributed by atoms with Crippen LogP contribution in [-0.2, 0) is 0 Å². The third-order valence-corrected chi connectivity index (χ3v) is 2.10. The average Bonchev–Trinajstić information content (AvgIpc) is 2.11. The van der Waals surface area contributed by atoms with Crippen LogP contribution in [0.4, 0.5) is 19.0 Å². The van der Waals surface area contributed by atoms with Crippen LogP contribution in [0.15, 0.2) is 6.07 Å². The zero-order valence-electron chi connectivity index (χ0n) is 8.85. The fraction of sp³-hybridized carbons (Fsp3) is 0.556. The van der Waals surface area contributed by atoms with Gasteiger partial charge >= 0.3 is 6.18 Å². The highest BCUT2D eigenvalue weighted by Gasteiger charge is 2.27. The van der Waals surface area contributed by atoms with Crippen LogP contribution in [0.2, 0.25) is 5.28 Å². The molecule has 0 aliphatic heterocycles. The van der Waals surface area contributed by atoms with Crippen LogP contribution < -0.4 is 4.90 Å². The molecule has 1 rings (SSSR count). The first-order valence-corrected chi connectivity index (χ1v) is 4.95. The summed E-state index contributed by atoms with van der Waals surface area (Å²) in [6, 6.07) is 1.59. The molecule has 0 saturated heterocycles. The zero-order chi connectivity index (χ0) is 12.3. The minimum atomic E-state index is -4.17. The van der Waals surface area contributed by atoms with Crippen LogP contribution in [0, 0.1) is 6.92 Å². The molecule has 0 bridgehead atoms. The Balaban J connectivity index is 2.69. The largest absolute Gasteiger partial charge is 0.390 e. The van der Waals surface area contributed by atoms with E-state index in [0.717, 1.165) is 0 Å². The van der Waals surface area contributed by atoms with Crippen molar-refractivity contribution >= 4 is 17.4 Å². The number of anilines is 1. The van der Waals surface area contributed by atoms with E-state index < -0.39 is 12.6 Å². The third kappa shape index (κ3) is 4.22. The van der Waals surface area contributed by atoms with E-state index in [9.17, 15) is 13.2 Å². The van der Waals surface area contributed by atoms with E-state index >= 15 is 0 Å². The van der Waals surface area contributed by atoms with Gasteiger partial charge in [-0.15, -0.1) is 0 Å². The van der Waals surface area contributed by atoms with E-state index in [0.29, 0.717) is 11.5 Å². The van der Waals surface area contributed by atoms with E-state index in [1.807, 2.05) is 0 Å². The maximum Gasteiger partial charge on any atom is 0.390 e. The van der Waals surface area contributed by atoms with Crippen LogP contribution in [0.1, 0.15) is 12.1 Å². The van der Waals surface area contributed by atoms with Crippen molar-refractivity contribution in [3.63, 3.8) is 0 Å². The molecule has 0 spiro atoms. The smallest absolute Gasteiger partial charge is 0.359 e. The van der Waals surface area contributed by atoms with Gasteiger partial charge in [0.1, 0.15) is 5.82 Å². The molecule has 1 heterocycles. The van der Waals surface area contributed by atoms with E-state index in [-0.39, 0.29) is 11.8 Å². The Bertz CT molecular complexity index is 347. The molecule has 0 saturated carbocycles. The first kappa shape index (κ1) is 13.0. The summed E-state index contributed by atoms with van der Waals surface area (Å²) in [6.45, 7) is 1.55. The lowest BCUT2D eigenvalue weighted by atomic mass is 10.3. The topological polar surface area (TPSA) is 29.0 Å². The van der Waals surface area contributed by atoms with Gasteiger partial charge < -0.3 is 4.90 Å². The molecule has 0 N–H and O–H groups in total. The summed E-state index contributed by atoms with van der Waals surface area (Å²) in [5.41, 5.74) is 0.619. The van der Waals surface area contributed by atoms with Crippen molar-refractivity contribution in [3.05, 3.63) is 17.0 Å². The molecule has 16 heavy (non-hydrogen) atoms. The molecule has 0 aromatic carbocycles. The van der Waals surface area contributed by atoms with Crippen molar-refractivity contribution in [2.75, 3.05) is 18.5 Å². The van der Waals surface area contributed by atoms with Gasteiger partial charge in [-0.1, -0.05) is 0 Å². The van der Waals surface area contributed by atoms with E-state index in [1.54, 1.807) is 13.0 Å². The number of alkyl halides is 3. The predicted octanol–water partition coefficient (Wildman–Crippen LogP) is 2.83. The summed E-state index contributed by atoms with van der Waals surface area (Å²) < 4.78 is 36.0. The van der Waals surface area contributed by atoms with Crippen LogP contribution in [0.25, 0.3) is 0 Å². The van der Waals surface area contributed by atoms with Gasteiger partial charge in [0.2, 0.25) is 5.28 Å². The quantitative estimate of drug-likeness (QED) is 0.776. The molecule has 0 amide bonds. The first-order valence-electron chi connectivity index (χ1n) is 4.57. The van der Waals surface area contributed by atoms with Gasteiger partial charge in [-0.2, -0.15) is 13.2 Å². The highest BCUT2D eigenvalue weighted by molar-refractivity contribution is 6.28. The molecule has 0 fully saturated rings. The van der Waals surface area contributed by atoms with Gasteiger partial charge in [-0.25, -0.2) is 9.97 Å². The fourth-order valence-electron chi connectivity index (χ4n) is 1.12. The zero-order valence-corrected chi connectivity index (χ0v) is 9.60. The van der Waals surface area contributed by atoms with Crippen molar-refractivity contribution in [1.82, 2.24) is 9.97 Å². The van der Waals surface area contributed by atoms with Gasteiger partial charge in [0, 0.05) is 25.4 Å². The number of hydrogen-bond donors (Lipinski definition) is 0. The Morgan fingerprint density at radius 1 is 1.38 bits per heavy atom. The van der Waals surface area contributed by atoms with E-state index in [1.165, 1.54) is 11.9 Å². The summed E-state index contributed by atoms with van der Waals surface area (Å²) in [6.07, 6.45) is -5.05. The molecule has 0 aliphatic rings. The first-order chi connectivity index (χ1) is 7.28. The molecule has 0 unspecified atom stereocenters. The SMILES string of the molecule is Cc1cc(N(C)CCC(F)(F)F)nc(Cl)n1. The molecule has 0 atom stereocenters. The maximum atomic E-state index is 12.0. The average molecular weight is 254 g/mol. The van der Waals surface area contributed by atoms with Crippen LogP contribution in [-0.4, -0.2) is 29.7 Å². The highest BCUT2D eigenvalue weighted by Crippen LogP contribution is 2.21. The van der Waals surface area contributed by atoms with Crippen LogP contribution in [0.5, 0.6) is 0 Å². The molecular weight excluding hydrogens is 243 g/mol. The number of aryl methyl sites for hydroxylation is 1. The van der Waals surface area contributed by atoms with Gasteiger partial charge in [0.15, 0.2) is 0 Å². The van der Waals surface area contributed by atoms with Crippen molar-refractivity contribution in [2.24, 2.45) is 0 Å². The maximum absolute atomic E-state index is 12.0. The summed E-state index contributed by atoms with van der Waals surface area (Å²) >= 11 is 5.61. The van der Waals surface area contributed by atoms with Gasteiger partial charge in [0.05, 0.1) is 6.42 Å². The lowest BCUT2D eigenvalue weighted by molar-refractivity contribution is -0.132. The summed E-state index contributed by atoms with van der Waals surface area (Å²) in [7, 11) is 1.53. The van der Waals surface area contributed by atoms with Crippen LogP contribution in [0.3, 0.4) is 0 Å². The minimum absolute atomic E-state index is 0.0360. The normalized spacial score (nSPS) is 11.6. The third-order valence-electron chi connectivity index (χ3n) is 1.94. The fourth-order valence-corrected chi connectivity index (χ4v) is 1.34. The standard InChI is InChI=1S/C9H11ClF3N3/c1-6-5-7(15-8(10)14-6)16(2)4-3-9(11,12)13/h5H,3-4H2,1-2H3. The molecule has 90 valence electrons. The minimum Gasteiger partial charge on any atom is -0.359 e. The molecule has 7 heteroatoms. The summed E-state index contributed by atoms with van der Waals surface area (Å²) in [4.78, 5) is 9.08. The van der Waals surface area contributed by atoms with E-state index in [2.05, 4.69) is 9.97 Å². The lowest BCUT2D eigenvalue weighted by Crippen LogP contribution is -2.25. The monoisotopic (exact) mass is 253 g/mol. The molecule has 0 radical (unpaired) electrons. The Morgan fingerprint density at radius 2 is 2.00 bits per heavy atom. The number of hydrogen-bond acceptors (Lipinski definition) is 3. The van der Waals surface area contributed by atoms with Crippen molar-refractivity contribution < 1.29 is 13.2 Å². The van der Waals surface area contributed by atoms with Gasteiger partial charge in [-0.05, 0) is 18.5 Å². The van der Waals surface area contributed by atoms with Gasteiger partial charge in [0.25, 0.3) is 0 Å². The number of aromatic nitrogens is 2. The van der Waals surface area contributed by atoms with Gasteiger partial charge in [-0.3, -0.25) is 0 Å². The molecule has 0 aliphatic carbocycles. The Hall–Kier alpha value is -1.04. The Kier molecular flexibility index (Phi) is 3.96. The Morgan fingerprint density at radius 3 is 2.50 bits per heavy atom. The molecule has 3 nitrogen and oxygen atoms in total. The molecule has 1 aromatic heterocycles. The predicted molar refractivity (Wildman–Crippen MR) is 55.7 cm³/mol. The second kappa shape index (κ2) is 4.86. The molecular formula is C9H11ClF3N3. The van der Waals surface area contributed by atoms with Crippen molar-refractivity contribution in [2.45, 2.75) is 19.5 Å². The molecule has 1 aromatic rings. The number of nitrogens with zero attached hydrogens (tertiary/aromatic N) is 3. The second-order valence-electron chi connectivity index (χ2n) is 3.42. The lowest BCUT2D eigenvalue weighted by Gasteiger charge is -2.19.